The van der Waals surface area contributed by atoms with Crippen LogP contribution in [0, 0.1) is 3.57 Å². The highest BCUT2D eigenvalue weighted by molar-refractivity contribution is 14.1. The van der Waals surface area contributed by atoms with Gasteiger partial charge in [-0.2, -0.15) is 0 Å². The zero-order valence-corrected chi connectivity index (χ0v) is 10.9. The van der Waals surface area contributed by atoms with Gasteiger partial charge in [0.2, 0.25) is 0 Å². The Hall–Kier alpha value is -0.130. The molecule has 0 unspecified atom stereocenters. The lowest BCUT2D eigenvalue weighted by molar-refractivity contribution is 0.327. The molecule has 0 aliphatic carbocycles. The van der Waals surface area contributed by atoms with Crippen LogP contribution in [0.5, 0.6) is 0 Å². The largest absolute Gasteiger partial charge is 0.318 e. The molecule has 14 heavy (non-hydrogen) atoms. The van der Waals surface area contributed by atoms with Gasteiger partial charge < -0.3 is 10.2 Å². The lowest BCUT2D eigenvalue weighted by Crippen LogP contribution is -2.27. The lowest BCUT2D eigenvalue weighted by atomic mass is 10.2. The highest BCUT2D eigenvalue weighted by atomic mass is 127. The van der Waals surface area contributed by atoms with Crippen molar-refractivity contribution in [2.45, 2.75) is 6.54 Å². The van der Waals surface area contributed by atoms with Crippen molar-refractivity contribution in [1.29, 1.82) is 0 Å². The van der Waals surface area contributed by atoms with Gasteiger partial charge in [-0.1, -0.05) is 18.2 Å². The third-order valence-corrected chi connectivity index (χ3v) is 3.19. The molecule has 0 spiro atoms. The van der Waals surface area contributed by atoms with Crippen LogP contribution in [0.25, 0.3) is 0 Å². The number of benzene rings is 1. The summed E-state index contributed by atoms with van der Waals surface area (Å²) in [7, 11) is 4.14. The monoisotopic (exact) mass is 304 g/mol. The van der Waals surface area contributed by atoms with Gasteiger partial charge in [0, 0.05) is 23.2 Å². The summed E-state index contributed by atoms with van der Waals surface area (Å²) in [6.07, 6.45) is 0. The number of nitrogens with zero attached hydrogens (tertiary/aromatic N) is 1. The summed E-state index contributed by atoms with van der Waals surface area (Å²) in [6, 6.07) is 8.53. The molecule has 0 fully saturated rings. The van der Waals surface area contributed by atoms with Crippen LogP contribution in [0.15, 0.2) is 24.3 Å². The molecular weight excluding hydrogens is 287 g/mol. The van der Waals surface area contributed by atoms with Crippen LogP contribution in [0.4, 0.5) is 0 Å². The van der Waals surface area contributed by atoms with Crippen molar-refractivity contribution in [3.05, 3.63) is 33.4 Å². The first kappa shape index (κ1) is 11.9. The first-order valence-corrected chi connectivity index (χ1v) is 5.88. The average Bonchev–Trinajstić information content (AvgIpc) is 2.18. The molecule has 2 nitrogen and oxygen atoms in total. The van der Waals surface area contributed by atoms with E-state index in [1.807, 2.05) is 7.05 Å². The number of rotatable bonds is 5. The second-order valence-corrected chi connectivity index (χ2v) is 4.59. The Balaban J connectivity index is 2.47. The molecule has 78 valence electrons. The molecule has 0 saturated carbocycles. The Kier molecular flexibility index (Phi) is 5.44. The smallest absolute Gasteiger partial charge is 0.0241 e. The molecule has 1 aromatic rings. The Morgan fingerprint density at radius 2 is 2.07 bits per heavy atom. The van der Waals surface area contributed by atoms with E-state index in [1.165, 1.54) is 9.13 Å². The van der Waals surface area contributed by atoms with E-state index in [0.29, 0.717) is 0 Å². The van der Waals surface area contributed by atoms with Gasteiger partial charge in [0.25, 0.3) is 0 Å². The minimum atomic E-state index is 1.03. The van der Waals surface area contributed by atoms with Crippen LogP contribution in [0.2, 0.25) is 0 Å². The van der Waals surface area contributed by atoms with Crippen molar-refractivity contribution in [2.24, 2.45) is 0 Å². The molecule has 0 atom stereocenters. The molecule has 0 saturated heterocycles. The first-order chi connectivity index (χ1) is 6.74. The molecule has 0 heterocycles. The van der Waals surface area contributed by atoms with Crippen molar-refractivity contribution >= 4 is 22.6 Å². The topological polar surface area (TPSA) is 15.3 Å². The molecule has 1 N–H and O–H groups in total. The first-order valence-electron chi connectivity index (χ1n) is 4.80. The van der Waals surface area contributed by atoms with E-state index in [-0.39, 0.29) is 0 Å². The second kappa shape index (κ2) is 6.37. The highest BCUT2D eigenvalue weighted by Gasteiger charge is 2.02. The fraction of sp³-hybridized carbons (Fsp3) is 0.455. The molecule has 0 aromatic heterocycles. The van der Waals surface area contributed by atoms with Gasteiger partial charge in [0.1, 0.15) is 0 Å². The summed E-state index contributed by atoms with van der Waals surface area (Å²) in [5.74, 6) is 0. The van der Waals surface area contributed by atoms with Gasteiger partial charge in [0.05, 0.1) is 0 Å². The van der Waals surface area contributed by atoms with Gasteiger partial charge in [0.15, 0.2) is 0 Å². The summed E-state index contributed by atoms with van der Waals surface area (Å²) in [4.78, 5) is 2.33. The van der Waals surface area contributed by atoms with Crippen LogP contribution in [-0.2, 0) is 6.54 Å². The average molecular weight is 304 g/mol. The molecule has 1 aromatic carbocycles. The van der Waals surface area contributed by atoms with Gasteiger partial charge in [-0.25, -0.2) is 0 Å². The van der Waals surface area contributed by atoms with E-state index in [2.05, 4.69) is 64.1 Å². The molecule has 0 radical (unpaired) electrons. The van der Waals surface area contributed by atoms with E-state index < -0.39 is 0 Å². The van der Waals surface area contributed by atoms with E-state index in [4.69, 9.17) is 0 Å². The van der Waals surface area contributed by atoms with E-state index in [0.717, 1.165) is 19.6 Å². The van der Waals surface area contributed by atoms with Gasteiger partial charge in [-0.15, -0.1) is 0 Å². The second-order valence-electron chi connectivity index (χ2n) is 3.43. The zero-order valence-electron chi connectivity index (χ0n) is 8.76. The number of halogens is 1. The third-order valence-electron chi connectivity index (χ3n) is 2.14. The minimum Gasteiger partial charge on any atom is -0.318 e. The zero-order chi connectivity index (χ0) is 10.4. The predicted molar refractivity (Wildman–Crippen MR) is 69.4 cm³/mol. The Labute approximate surface area is 99.8 Å². The van der Waals surface area contributed by atoms with Gasteiger partial charge in [-0.05, 0) is 48.3 Å². The van der Waals surface area contributed by atoms with Gasteiger partial charge >= 0.3 is 0 Å². The fourth-order valence-electron chi connectivity index (χ4n) is 1.30. The number of hydrogen-bond donors (Lipinski definition) is 1. The molecule has 3 heteroatoms. The van der Waals surface area contributed by atoms with Crippen molar-refractivity contribution in [3.8, 4) is 0 Å². The van der Waals surface area contributed by atoms with E-state index in [1.54, 1.807) is 0 Å². The number of likely N-dealkylation sites (N-methyl/N-ethyl adjacent to an activating group) is 2. The normalized spacial score (nSPS) is 10.9. The van der Waals surface area contributed by atoms with E-state index >= 15 is 0 Å². The van der Waals surface area contributed by atoms with Crippen molar-refractivity contribution in [2.75, 3.05) is 27.2 Å². The standard InChI is InChI=1S/C11H17IN2/c1-13-7-8-14(2)9-10-5-3-4-6-11(10)12/h3-6,13H,7-9H2,1-2H3. The molecular formula is C11H17IN2. The van der Waals surface area contributed by atoms with Crippen molar-refractivity contribution < 1.29 is 0 Å². The van der Waals surface area contributed by atoms with Crippen LogP contribution in [0.1, 0.15) is 5.56 Å². The third kappa shape index (κ3) is 3.94. The molecule has 0 bridgehead atoms. The van der Waals surface area contributed by atoms with Gasteiger partial charge in [-0.3, -0.25) is 0 Å². The van der Waals surface area contributed by atoms with Crippen molar-refractivity contribution in [3.63, 3.8) is 0 Å². The lowest BCUT2D eigenvalue weighted by Gasteiger charge is -2.17. The summed E-state index contributed by atoms with van der Waals surface area (Å²) >= 11 is 2.39. The van der Waals surface area contributed by atoms with Crippen LogP contribution >= 0.6 is 22.6 Å². The van der Waals surface area contributed by atoms with Crippen molar-refractivity contribution in [1.82, 2.24) is 10.2 Å². The highest BCUT2D eigenvalue weighted by Crippen LogP contribution is 2.12. The van der Waals surface area contributed by atoms with Crippen LogP contribution in [0.3, 0.4) is 0 Å². The number of hydrogen-bond acceptors (Lipinski definition) is 2. The van der Waals surface area contributed by atoms with Crippen LogP contribution < -0.4 is 5.32 Å². The predicted octanol–water partition coefficient (Wildman–Crippen LogP) is 1.94. The Morgan fingerprint density at radius 3 is 2.71 bits per heavy atom. The Morgan fingerprint density at radius 1 is 1.36 bits per heavy atom. The Bertz CT molecular complexity index is 276. The summed E-state index contributed by atoms with van der Waals surface area (Å²) in [6.45, 7) is 3.15. The molecule has 0 aliphatic heterocycles. The maximum absolute atomic E-state index is 3.16. The fourth-order valence-corrected chi connectivity index (χ4v) is 1.86. The number of nitrogens with one attached hydrogen (secondary N) is 1. The molecule has 1 rings (SSSR count). The summed E-state index contributed by atoms with van der Waals surface area (Å²) in [5, 5.41) is 3.16. The maximum Gasteiger partial charge on any atom is 0.0241 e. The quantitative estimate of drug-likeness (QED) is 0.837. The SMILES string of the molecule is CNCCN(C)Cc1ccccc1I. The molecule has 0 amide bonds. The molecule has 0 aliphatic rings. The van der Waals surface area contributed by atoms with Crippen LogP contribution in [-0.4, -0.2) is 32.1 Å². The van der Waals surface area contributed by atoms with E-state index in [9.17, 15) is 0 Å². The summed E-state index contributed by atoms with van der Waals surface area (Å²) in [5.41, 5.74) is 1.41. The maximum atomic E-state index is 3.16. The summed E-state index contributed by atoms with van der Waals surface area (Å²) < 4.78 is 1.35. The minimum absolute atomic E-state index is 1.03.